The molecule has 7 nitrogen and oxygen atoms in total. The molecule has 0 spiro atoms. The Hall–Kier alpha value is -3.35. The maximum atomic E-state index is 12.5. The number of ether oxygens (including phenoxy) is 1. The molecule has 1 fully saturated rings. The first-order chi connectivity index (χ1) is 16.4. The highest BCUT2D eigenvalue weighted by Crippen LogP contribution is 2.44. The number of fused-ring (bicyclic) bond motifs is 3. The molecule has 1 aliphatic heterocycles. The number of hydrogen-bond donors (Lipinski definition) is 2. The Balaban J connectivity index is 1.17. The van der Waals surface area contributed by atoms with Crippen molar-refractivity contribution in [3.63, 3.8) is 0 Å². The van der Waals surface area contributed by atoms with Crippen LogP contribution in [0, 0.1) is 11.8 Å². The van der Waals surface area contributed by atoms with E-state index in [9.17, 15) is 19.5 Å². The Morgan fingerprint density at radius 2 is 1.65 bits per heavy atom. The summed E-state index contributed by atoms with van der Waals surface area (Å²) in [4.78, 5) is 37.7. The lowest BCUT2D eigenvalue weighted by Crippen LogP contribution is -2.45. The summed E-state index contributed by atoms with van der Waals surface area (Å²) in [6.07, 6.45) is 1.80. The Kier molecular flexibility index (Phi) is 7.50. The average Bonchev–Trinajstić information content (AvgIpc) is 3.15. The molecule has 7 heteroatoms. The number of carboxylic acids is 1. The van der Waals surface area contributed by atoms with Crippen LogP contribution in [0.1, 0.15) is 49.7 Å². The first-order valence-corrected chi connectivity index (χ1v) is 12.0. The molecule has 0 radical (unpaired) electrons. The summed E-state index contributed by atoms with van der Waals surface area (Å²) in [7, 11) is 0. The number of carboxylic acid groups (broad SMARTS) is 1. The molecule has 2 aromatic rings. The van der Waals surface area contributed by atoms with Gasteiger partial charge in [-0.2, -0.15) is 0 Å². The van der Waals surface area contributed by atoms with E-state index in [2.05, 4.69) is 29.6 Å². The molecule has 0 aromatic heterocycles. The lowest BCUT2D eigenvalue weighted by molar-refractivity contribution is -0.146. The molecule has 1 aliphatic carbocycles. The third-order valence-corrected chi connectivity index (χ3v) is 6.79. The van der Waals surface area contributed by atoms with Crippen LogP contribution in [0.25, 0.3) is 11.1 Å². The number of amides is 2. The lowest BCUT2D eigenvalue weighted by Gasteiger charge is -2.34. The third-order valence-electron chi connectivity index (χ3n) is 6.79. The molecule has 2 aliphatic rings. The first kappa shape index (κ1) is 23.8. The molecule has 0 saturated carbocycles. The van der Waals surface area contributed by atoms with E-state index in [1.54, 1.807) is 4.90 Å². The van der Waals surface area contributed by atoms with Crippen LogP contribution in [0.5, 0.6) is 0 Å². The molecule has 34 heavy (non-hydrogen) atoms. The fraction of sp³-hybridized carbons (Fsp3) is 0.444. The maximum Gasteiger partial charge on any atom is 0.407 e. The fourth-order valence-corrected chi connectivity index (χ4v) is 5.13. The molecule has 2 amide bonds. The van der Waals surface area contributed by atoms with Gasteiger partial charge in [0.25, 0.3) is 0 Å². The normalized spacial score (nSPS) is 19.3. The van der Waals surface area contributed by atoms with E-state index in [1.165, 1.54) is 22.3 Å². The van der Waals surface area contributed by atoms with E-state index < -0.39 is 18.0 Å². The molecule has 2 atom stereocenters. The number of nitrogens with zero attached hydrogens (tertiary/aromatic N) is 1. The number of carbonyl (C=O) groups is 3. The van der Waals surface area contributed by atoms with Gasteiger partial charge in [-0.25, -0.2) is 4.79 Å². The number of unbranched alkanes of at least 4 members (excludes halogenated alkanes) is 1. The Labute approximate surface area is 200 Å². The summed E-state index contributed by atoms with van der Waals surface area (Å²) >= 11 is 0. The number of nitrogens with one attached hydrogen (secondary N) is 1. The first-order valence-electron chi connectivity index (χ1n) is 12.0. The number of rotatable bonds is 8. The number of alkyl carbamates (subject to hydrolysis) is 1. The van der Waals surface area contributed by atoms with Gasteiger partial charge < -0.3 is 20.1 Å². The van der Waals surface area contributed by atoms with Crippen molar-refractivity contribution >= 4 is 18.0 Å². The summed E-state index contributed by atoms with van der Waals surface area (Å²) in [6, 6.07) is 16.4. The van der Waals surface area contributed by atoms with Crippen molar-refractivity contribution in [3.05, 3.63) is 59.7 Å². The average molecular weight is 465 g/mol. The molecular formula is C27H32N2O5. The van der Waals surface area contributed by atoms with Gasteiger partial charge in [-0.3, -0.25) is 9.59 Å². The Morgan fingerprint density at radius 1 is 1.00 bits per heavy atom. The minimum atomic E-state index is -0.836. The largest absolute Gasteiger partial charge is 0.481 e. The SMILES string of the molecule is CC1CC(C(=O)O)CN(C(=O)CCCCNC(=O)OCC2c3ccccc3-c3ccccc32)C1. The maximum absolute atomic E-state index is 12.5. The quantitative estimate of drug-likeness (QED) is 0.569. The van der Waals surface area contributed by atoms with Crippen molar-refractivity contribution < 1.29 is 24.2 Å². The molecule has 2 N–H and O–H groups in total. The van der Waals surface area contributed by atoms with Crippen molar-refractivity contribution in [1.82, 2.24) is 10.2 Å². The van der Waals surface area contributed by atoms with E-state index in [-0.39, 0.29) is 30.9 Å². The number of hydrogen-bond acceptors (Lipinski definition) is 4. The van der Waals surface area contributed by atoms with Crippen LogP contribution in [-0.4, -0.2) is 54.2 Å². The van der Waals surface area contributed by atoms with Gasteiger partial charge in [-0.05, 0) is 47.4 Å². The van der Waals surface area contributed by atoms with Crippen molar-refractivity contribution in [2.24, 2.45) is 11.8 Å². The van der Waals surface area contributed by atoms with Gasteiger partial charge in [0.1, 0.15) is 6.61 Å². The van der Waals surface area contributed by atoms with E-state index in [1.807, 2.05) is 31.2 Å². The summed E-state index contributed by atoms with van der Waals surface area (Å²) in [5.41, 5.74) is 4.73. The summed E-state index contributed by atoms with van der Waals surface area (Å²) in [6.45, 7) is 3.58. The second-order valence-electron chi connectivity index (χ2n) is 9.38. The second kappa shape index (κ2) is 10.7. The van der Waals surface area contributed by atoms with E-state index in [0.29, 0.717) is 38.8 Å². The van der Waals surface area contributed by atoms with Crippen LogP contribution in [0.4, 0.5) is 4.79 Å². The number of carbonyl (C=O) groups excluding carboxylic acids is 2. The molecule has 2 unspecified atom stereocenters. The van der Waals surface area contributed by atoms with Crippen LogP contribution in [0.3, 0.4) is 0 Å². The Bertz CT molecular complexity index is 1010. The highest BCUT2D eigenvalue weighted by Gasteiger charge is 2.31. The van der Waals surface area contributed by atoms with Crippen molar-refractivity contribution in [1.29, 1.82) is 0 Å². The molecule has 2 aromatic carbocycles. The highest BCUT2D eigenvalue weighted by molar-refractivity contribution is 5.79. The topological polar surface area (TPSA) is 95.9 Å². The van der Waals surface area contributed by atoms with Crippen LogP contribution >= 0.6 is 0 Å². The smallest absolute Gasteiger partial charge is 0.407 e. The summed E-state index contributed by atoms with van der Waals surface area (Å²) < 4.78 is 5.53. The van der Waals surface area contributed by atoms with Crippen molar-refractivity contribution in [3.8, 4) is 11.1 Å². The third kappa shape index (κ3) is 5.41. The number of likely N-dealkylation sites (tertiary alicyclic amines) is 1. The van der Waals surface area contributed by atoms with Gasteiger partial charge in [0.05, 0.1) is 5.92 Å². The van der Waals surface area contributed by atoms with E-state index in [4.69, 9.17) is 4.74 Å². The van der Waals surface area contributed by atoms with E-state index >= 15 is 0 Å². The zero-order valence-electron chi connectivity index (χ0n) is 19.5. The molecule has 0 bridgehead atoms. The van der Waals surface area contributed by atoms with Crippen LogP contribution < -0.4 is 5.32 Å². The van der Waals surface area contributed by atoms with Gasteiger partial charge in [-0.15, -0.1) is 0 Å². The monoisotopic (exact) mass is 464 g/mol. The molecule has 180 valence electrons. The highest BCUT2D eigenvalue weighted by atomic mass is 16.5. The van der Waals surface area contributed by atoms with Crippen molar-refractivity contribution in [2.45, 2.75) is 38.5 Å². The second-order valence-corrected chi connectivity index (χ2v) is 9.38. The van der Waals surface area contributed by atoms with E-state index in [0.717, 1.165) is 0 Å². The van der Waals surface area contributed by atoms with Crippen LogP contribution in [0.15, 0.2) is 48.5 Å². The fourth-order valence-electron chi connectivity index (χ4n) is 5.13. The van der Waals surface area contributed by atoms with Gasteiger partial charge in [0.2, 0.25) is 5.91 Å². The standard InChI is InChI=1S/C27H32N2O5/c1-18-14-19(26(31)32)16-29(15-18)25(30)12-6-7-13-28-27(33)34-17-24-22-10-4-2-8-20(22)21-9-3-5-11-23(21)24/h2-5,8-11,18-19,24H,6-7,12-17H2,1H3,(H,28,33)(H,31,32). The van der Waals surface area contributed by atoms with Crippen LogP contribution in [-0.2, 0) is 14.3 Å². The van der Waals surface area contributed by atoms with Crippen LogP contribution in [0.2, 0.25) is 0 Å². The zero-order valence-corrected chi connectivity index (χ0v) is 19.5. The minimum absolute atomic E-state index is 0.0149. The van der Waals surface area contributed by atoms with Gasteiger partial charge in [0.15, 0.2) is 0 Å². The zero-order chi connectivity index (χ0) is 24.1. The molecule has 1 heterocycles. The predicted molar refractivity (Wildman–Crippen MR) is 128 cm³/mol. The summed E-state index contributed by atoms with van der Waals surface area (Å²) in [5, 5.41) is 12.0. The van der Waals surface area contributed by atoms with Gasteiger partial charge >= 0.3 is 12.1 Å². The molecular weight excluding hydrogens is 432 g/mol. The molecule has 1 saturated heterocycles. The summed E-state index contributed by atoms with van der Waals surface area (Å²) in [5.74, 6) is -1.12. The number of piperidine rings is 1. The Morgan fingerprint density at radius 3 is 2.29 bits per heavy atom. The van der Waals surface area contributed by atoms with Crippen molar-refractivity contribution in [2.75, 3.05) is 26.2 Å². The predicted octanol–water partition coefficient (Wildman–Crippen LogP) is 4.26. The molecule has 4 rings (SSSR count). The number of aliphatic carboxylic acids is 1. The van der Waals surface area contributed by atoms with Gasteiger partial charge in [0, 0.05) is 32.0 Å². The minimum Gasteiger partial charge on any atom is -0.481 e. The van der Waals surface area contributed by atoms with Gasteiger partial charge in [-0.1, -0.05) is 55.5 Å². The number of benzene rings is 2. The lowest BCUT2D eigenvalue weighted by atomic mass is 9.90.